The second-order valence-electron chi connectivity index (χ2n) is 4.68. The van der Waals surface area contributed by atoms with Gasteiger partial charge in [0.1, 0.15) is 13.2 Å². The molecule has 3 aromatic rings. The molecule has 0 saturated carbocycles. The van der Waals surface area contributed by atoms with E-state index in [1.54, 1.807) is 22.7 Å². The van der Waals surface area contributed by atoms with E-state index >= 15 is 0 Å². The second kappa shape index (κ2) is 5.47. The Bertz CT molecular complexity index is 783. The van der Waals surface area contributed by atoms with Gasteiger partial charge < -0.3 is 9.47 Å². The van der Waals surface area contributed by atoms with Crippen LogP contribution < -0.4 is 9.47 Å². The Hall–Kier alpha value is -0.750. The summed E-state index contributed by atoms with van der Waals surface area (Å²) in [4.78, 5) is 1.31. The Morgan fingerprint density at radius 1 is 1.10 bits per heavy atom. The van der Waals surface area contributed by atoms with E-state index in [-0.39, 0.29) is 4.83 Å². The minimum absolute atomic E-state index is 0.0606. The minimum atomic E-state index is 0.0606. The van der Waals surface area contributed by atoms with Gasteiger partial charge in [0.25, 0.3) is 0 Å². The highest BCUT2D eigenvalue weighted by molar-refractivity contribution is 9.09. The summed E-state index contributed by atoms with van der Waals surface area (Å²) in [6, 6.07) is 8.19. The van der Waals surface area contributed by atoms with Crippen LogP contribution in [0.4, 0.5) is 0 Å². The molecule has 0 N–H and O–H groups in total. The van der Waals surface area contributed by atoms with Crippen LogP contribution in [0.25, 0.3) is 9.40 Å². The summed E-state index contributed by atoms with van der Waals surface area (Å²) >= 11 is 13.7. The van der Waals surface area contributed by atoms with Crippen LogP contribution in [0, 0.1) is 0 Å². The number of fused-ring (bicyclic) bond motifs is 2. The summed E-state index contributed by atoms with van der Waals surface area (Å²) in [7, 11) is 0. The van der Waals surface area contributed by atoms with Crippen LogP contribution >= 0.6 is 50.2 Å². The fraction of sp³-hybridized carbons (Fsp3) is 0.200. The van der Waals surface area contributed by atoms with Gasteiger partial charge in [-0.25, -0.2) is 0 Å². The number of hydrogen-bond donors (Lipinski definition) is 0. The van der Waals surface area contributed by atoms with Gasteiger partial charge in [0.05, 0.1) is 4.83 Å². The molecule has 0 fully saturated rings. The highest BCUT2D eigenvalue weighted by Gasteiger charge is 2.21. The van der Waals surface area contributed by atoms with Crippen molar-refractivity contribution in [3.8, 4) is 11.5 Å². The molecule has 6 heteroatoms. The quantitative estimate of drug-likeness (QED) is 0.500. The lowest BCUT2D eigenvalue weighted by molar-refractivity contribution is 0.171. The van der Waals surface area contributed by atoms with Crippen molar-refractivity contribution in [2.75, 3.05) is 13.2 Å². The van der Waals surface area contributed by atoms with E-state index in [4.69, 9.17) is 21.1 Å². The van der Waals surface area contributed by atoms with E-state index in [1.165, 1.54) is 14.3 Å². The maximum Gasteiger partial charge on any atom is 0.162 e. The van der Waals surface area contributed by atoms with Gasteiger partial charge in [-0.3, -0.25) is 0 Å². The molecule has 21 heavy (non-hydrogen) atoms. The highest BCUT2D eigenvalue weighted by Crippen LogP contribution is 2.45. The number of hydrogen-bond acceptors (Lipinski definition) is 4. The Balaban J connectivity index is 1.76. The molecule has 1 atom stereocenters. The number of halogens is 2. The van der Waals surface area contributed by atoms with Gasteiger partial charge in [-0.2, -0.15) is 0 Å². The van der Waals surface area contributed by atoms with E-state index in [9.17, 15) is 0 Å². The number of alkyl halides is 1. The molecule has 1 aliphatic rings. The molecule has 1 unspecified atom stereocenters. The fourth-order valence-corrected chi connectivity index (χ4v) is 5.64. The van der Waals surface area contributed by atoms with Crippen LogP contribution in [0.1, 0.15) is 15.3 Å². The Morgan fingerprint density at radius 3 is 2.62 bits per heavy atom. The van der Waals surface area contributed by atoms with Gasteiger partial charge in [0.2, 0.25) is 0 Å². The zero-order chi connectivity index (χ0) is 14.4. The average Bonchev–Trinajstić information content (AvgIpc) is 3.07. The van der Waals surface area contributed by atoms with Crippen LogP contribution in [-0.2, 0) is 0 Å². The molecular formula is C15H10BrClO2S2. The molecule has 0 aliphatic carbocycles. The molecule has 108 valence electrons. The first-order valence-electron chi connectivity index (χ1n) is 6.42. The lowest BCUT2D eigenvalue weighted by Gasteiger charge is -2.21. The summed E-state index contributed by atoms with van der Waals surface area (Å²) < 4.78 is 13.8. The molecule has 4 rings (SSSR count). The smallest absolute Gasteiger partial charge is 0.162 e. The minimum Gasteiger partial charge on any atom is -0.486 e. The molecular weight excluding hydrogens is 392 g/mol. The van der Waals surface area contributed by atoms with E-state index in [1.807, 2.05) is 12.1 Å². The van der Waals surface area contributed by atoms with Gasteiger partial charge >= 0.3 is 0 Å². The van der Waals surface area contributed by atoms with E-state index in [2.05, 4.69) is 33.4 Å². The lowest BCUT2D eigenvalue weighted by atomic mass is 10.1. The summed E-state index contributed by atoms with van der Waals surface area (Å²) in [6.07, 6.45) is 0. The first-order chi connectivity index (χ1) is 10.2. The topological polar surface area (TPSA) is 18.5 Å². The van der Waals surface area contributed by atoms with Gasteiger partial charge in [-0.05, 0) is 29.1 Å². The van der Waals surface area contributed by atoms with E-state index in [0.29, 0.717) is 18.2 Å². The van der Waals surface area contributed by atoms with Gasteiger partial charge in [0, 0.05) is 25.4 Å². The normalized spacial score (nSPS) is 15.3. The SMILES string of the molecule is Clc1cc2c(cc1C(Br)c1cc3sccc3s1)OCCO2. The average molecular weight is 402 g/mol. The summed E-state index contributed by atoms with van der Waals surface area (Å²) in [5.41, 5.74) is 1.01. The number of benzene rings is 1. The van der Waals surface area contributed by atoms with Crippen molar-refractivity contribution in [3.63, 3.8) is 0 Å². The predicted molar refractivity (Wildman–Crippen MR) is 92.9 cm³/mol. The van der Waals surface area contributed by atoms with Crippen molar-refractivity contribution in [3.05, 3.63) is 45.1 Å². The van der Waals surface area contributed by atoms with Gasteiger partial charge in [0.15, 0.2) is 11.5 Å². The molecule has 2 aromatic heterocycles. The number of ether oxygens (including phenoxy) is 2. The number of thiophene rings is 2. The van der Waals surface area contributed by atoms with Crippen molar-refractivity contribution in [1.29, 1.82) is 0 Å². The summed E-state index contributed by atoms with van der Waals surface area (Å²) in [5.74, 6) is 1.49. The third-order valence-corrected chi connectivity index (χ3v) is 7.12. The van der Waals surface area contributed by atoms with Crippen molar-refractivity contribution < 1.29 is 9.47 Å². The largest absolute Gasteiger partial charge is 0.486 e. The third kappa shape index (κ3) is 2.46. The Kier molecular flexibility index (Phi) is 3.61. The second-order valence-corrected chi connectivity index (χ2v) is 8.06. The molecule has 0 amide bonds. The standard InChI is InChI=1S/C15H10BrClO2S2/c16-15(14-7-13-12(21-14)1-4-20-13)8-5-10-11(6-9(8)17)19-3-2-18-10/h1,4-7,15H,2-3H2. The van der Waals surface area contributed by atoms with Crippen molar-refractivity contribution in [2.24, 2.45) is 0 Å². The van der Waals surface area contributed by atoms with Crippen LogP contribution in [0.15, 0.2) is 29.6 Å². The molecule has 0 spiro atoms. The maximum absolute atomic E-state index is 6.42. The number of rotatable bonds is 2. The Morgan fingerprint density at radius 2 is 1.86 bits per heavy atom. The van der Waals surface area contributed by atoms with Crippen molar-refractivity contribution in [2.45, 2.75) is 4.83 Å². The highest BCUT2D eigenvalue weighted by atomic mass is 79.9. The predicted octanol–water partition coefficient (Wildman–Crippen LogP) is 5.87. The zero-order valence-corrected chi connectivity index (χ0v) is 14.7. The Labute approximate surface area is 143 Å². The zero-order valence-electron chi connectivity index (χ0n) is 10.8. The third-order valence-electron chi connectivity index (χ3n) is 3.34. The molecule has 0 bridgehead atoms. The van der Waals surface area contributed by atoms with Crippen molar-refractivity contribution in [1.82, 2.24) is 0 Å². The molecule has 0 saturated heterocycles. The maximum atomic E-state index is 6.42. The lowest BCUT2D eigenvalue weighted by Crippen LogP contribution is -2.15. The van der Waals surface area contributed by atoms with Gasteiger partial charge in [-0.1, -0.05) is 27.5 Å². The summed E-state index contributed by atoms with van der Waals surface area (Å²) in [6.45, 7) is 1.15. The first-order valence-corrected chi connectivity index (χ1v) is 9.41. The molecule has 3 heterocycles. The van der Waals surface area contributed by atoms with Crippen molar-refractivity contribution >= 4 is 59.6 Å². The van der Waals surface area contributed by atoms with Crippen LogP contribution in [0.2, 0.25) is 5.02 Å². The molecule has 1 aromatic carbocycles. The van der Waals surface area contributed by atoms with Crippen LogP contribution in [0.5, 0.6) is 11.5 Å². The first kappa shape index (κ1) is 13.9. The van der Waals surface area contributed by atoms with Crippen LogP contribution in [0.3, 0.4) is 0 Å². The molecule has 2 nitrogen and oxygen atoms in total. The molecule has 0 radical (unpaired) electrons. The monoisotopic (exact) mass is 400 g/mol. The van der Waals surface area contributed by atoms with Gasteiger partial charge in [-0.15, -0.1) is 22.7 Å². The van der Waals surface area contributed by atoms with E-state index in [0.717, 1.165) is 17.1 Å². The van der Waals surface area contributed by atoms with Crippen LogP contribution in [-0.4, -0.2) is 13.2 Å². The fourth-order valence-electron chi connectivity index (χ4n) is 2.34. The summed E-state index contributed by atoms with van der Waals surface area (Å²) in [5, 5.41) is 2.81. The van der Waals surface area contributed by atoms with E-state index < -0.39 is 0 Å². The molecule has 1 aliphatic heterocycles.